The quantitative estimate of drug-likeness (QED) is 0.625. The molecule has 3 aromatic rings. The predicted octanol–water partition coefficient (Wildman–Crippen LogP) is 3.84. The van der Waals surface area contributed by atoms with Gasteiger partial charge in [-0.05, 0) is 61.4 Å². The molecule has 0 bridgehead atoms. The van der Waals surface area contributed by atoms with Gasteiger partial charge in [-0.1, -0.05) is 42.7 Å². The lowest BCUT2D eigenvalue weighted by atomic mass is 9.89. The van der Waals surface area contributed by atoms with Crippen LogP contribution in [0.1, 0.15) is 65.1 Å². The lowest BCUT2D eigenvalue weighted by molar-refractivity contribution is 0.0938. The largest absolute Gasteiger partial charge is 0.350 e. The Labute approximate surface area is 195 Å². The summed E-state index contributed by atoms with van der Waals surface area (Å²) < 4.78 is 1.84. The summed E-state index contributed by atoms with van der Waals surface area (Å²) >= 11 is 0. The van der Waals surface area contributed by atoms with Crippen LogP contribution in [0.25, 0.3) is 5.69 Å². The molecule has 0 saturated heterocycles. The van der Waals surface area contributed by atoms with E-state index in [2.05, 4.69) is 49.8 Å². The number of nitrogens with one attached hydrogen (secondary N) is 1. The molecule has 1 N–H and O–H groups in total. The van der Waals surface area contributed by atoms with Crippen LogP contribution in [0.3, 0.4) is 0 Å². The van der Waals surface area contributed by atoms with Crippen LogP contribution < -0.4 is 5.32 Å². The second-order valence-electron chi connectivity index (χ2n) is 9.35. The first-order valence-corrected chi connectivity index (χ1v) is 12.1. The molecule has 1 aliphatic carbocycles. The highest BCUT2D eigenvalue weighted by molar-refractivity contribution is 5.93. The molecule has 0 spiro atoms. The Morgan fingerprint density at radius 1 is 1.12 bits per heavy atom. The number of amides is 1. The van der Waals surface area contributed by atoms with Gasteiger partial charge in [0, 0.05) is 32.4 Å². The average molecular weight is 445 g/mol. The van der Waals surface area contributed by atoms with E-state index in [4.69, 9.17) is 0 Å². The third-order valence-electron chi connectivity index (χ3n) is 7.05. The van der Waals surface area contributed by atoms with Crippen molar-refractivity contribution in [1.29, 1.82) is 0 Å². The maximum Gasteiger partial charge on any atom is 0.273 e. The molecule has 0 unspecified atom stereocenters. The molecule has 5 rings (SSSR count). The number of benzene rings is 1. The highest BCUT2D eigenvalue weighted by Gasteiger charge is 2.24. The lowest BCUT2D eigenvalue weighted by Crippen LogP contribution is -2.31. The van der Waals surface area contributed by atoms with Gasteiger partial charge in [0.05, 0.1) is 17.1 Å². The average Bonchev–Trinajstić information content (AvgIpc) is 3.24. The van der Waals surface area contributed by atoms with E-state index in [1.807, 2.05) is 29.9 Å². The SMILES string of the molecule is Cc1c(C(=O)NCC2CCCCC2)nnn1-c1cccc2c1CCN(Cc1ccccn1)C2. The van der Waals surface area contributed by atoms with Crippen molar-refractivity contribution < 1.29 is 4.79 Å². The topological polar surface area (TPSA) is 75.9 Å². The van der Waals surface area contributed by atoms with Gasteiger partial charge in [0.1, 0.15) is 0 Å². The van der Waals surface area contributed by atoms with Crippen LogP contribution in [0.4, 0.5) is 0 Å². The second kappa shape index (κ2) is 9.83. The van der Waals surface area contributed by atoms with Gasteiger partial charge < -0.3 is 5.32 Å². The van der Waals surface area contributed by atoms with Gasteiger partial charge in [-0.15, -0.1) is 5.10 Å². The minimum Gasteiger partial charge on any atom is -0.350 e. The van der Waals surface area contributed by atoms with E-state index in [0.29, 0.717) is 11.6 Å². The van der Waals surface area contributed by atoms with Crippen molar-refractivity contribution in [2.45, 2.75) is 58.5 Å². The first-order chi connectivity index (χ1) is 16.2. The monoisotopic (exact) mass is 444 g/mol. The van der Waals surface area contributed by atoms with Crippen LogP contribution in [0.15, 0.2) is 42.6 Å². The van der Waals surface area contributed by atoms with E-state index in [0.717, 1.165) is 49.7 Å². The Bertz CT molecular complexity index is 1100. The summed E-state index contributed by atoms with van der Waals surface area (Å²) in [5, 5.41) is 11.7. The number of rotatable bonds is 6. The highest BCUT2D eigenvalue weighted by atomic mass is 16.2. The van der Waals surface area contributed by atoms with Crippen LogP contribution >= 0.6 is 0 Å². The van der Waals surface area contributed by atoms with Crippen molar-refractivity contribution in [1.82, 2.24) is 30.2 Å². The number of aromatic nitrogens is 4. The van der Waals surface area contributed by atoms with E-state index < -0.39 is 0 Å². The molecular weight excluding hydrogens is 412 g/mol. The van der Waals surface area contributed by atoms with Crippen molar-refractivity contribution in [3.63, 3.8) is 0 Å². The summed E-state index contributed by atoms with van der Waals surface area (Å²) in [5.41, 5.74) is 5.93. The maximum absolute atomic E-state index is 12.8. The fourth-order valence-electron chi connectivity index (χ4n) is 5.18. The van der Waals surface area contributed by atoms with Crippen LogP contribution in [0.5, 0.6) is 0 Å². The standard InChI is InChI=1S/C26H32N6O/c1-19-25(26(33)28-16-20-8-3-2-4-9-20)29-30-32(19)24-12-7-10-21-17-31(15-13-23(21)24)18-22-11-5-6-14-27-22/h5-7,10-12,14,20H,2-4,8-9,13,15-18H2,1H3,(H,28,33). The van der Waals surface area contributed by atoms with Gasteiger partial charge in [0.25, 0.3) is 5.91 Å². The molecule has 7 heteroatoms. The number of carbonyl (C=O) groups is 1. The number of fused-ring (bicyclic) bond motifs is 1. The van der Waals surface area contributed by atoms with E-state index in [1.54, 1.807) is 0 Å². The second-order valence-corrected chi connectivity index (χ2v) is 9.35. The predicted molar refractivity (Wildman–Crippen MR) is 127 cm³/mol. The summed E-state index contributed by atoms with van der Waals surface area (Å²) in [6, 6.07) is 12.4. The molecule has 2 aliphatic rings. The molecule has 33 heavy (non-hydrogen) atoms. The van der Waals surface area contributed by atoms with Crippen molar-refractivity contribution >= 4 is 5.91 Å². The molecular formula is C26H32N6O. The number of pyridine rings is 1. The van der Waals surface area contributed by atoms with Gasteiger partial charge >= 0.3 is 0 Å². The zero-order chi connectivity index (χ0) is 22.6. The Hall–Kier alpha value is -3.06. The van der Waals surface area contributed by atoms with Crippen LogP contribution in [-0.2, 0) is 19.5 Å². The molecule has 172 valence electrons. The van der Waals surface area contributed by atoms with Crippen LogP contribution in [-0.4, -0.2) is 43.9 Å². The fraction of sp³-hybridized carbons (Fsp3) is 0.462. The van der Waals surface area contributed by atoms with Crippen molar-refractivity contribution in [3.8, 4) is 5.69 Å². The minimum absolute atomic E-state index is 0.115. The van der Waals surface area contributed by atoms with E-state index >= 15 is 0 Å². The molecule has 1 fully saturated rings. The lowest BCUT2D eigenvalue weighted by Gasteiger charge is -2.29. The van der Waals surface area contributed by atoms with Crippen LogP contribution in [0.2, 0.25) is 0 Å². The van der Waals surface area contributed by atoms with Gasteiger partial charge in [0.15, 0.2) is 5.69 Å². The number of carbonyl (C=O) groups excluding carboxylic acids is 1. The number of nitrogens with zero attached hydrogens (tertiary/aromatic N) is 5. The van der Waals surface area contributed by atoms with Gasteiger partial charge in [-0.3, -0.25) is 14.7 Å². The fourth-order valence-corrected chi connectivity index (χ4v) is 5.18. The van der Waals surface area contributed by atoms with Gasteiger partial charge in [-0.25, -0.2) is 4.68 Å². The molecule has 7 nitrogen and oxygen atoms in total. The zero-order valence-corrected chi connectivity index (χ0v) is 19.3. The Balaban J connectivity index is 1.30. The number of hydrogen-bond acceptors (Lipinski definition) is 5. The summed E-state index contributed by atoms with van der Waals surface area (Å²) in [7, 11) is 0. The third-order valence-corrected chi connectivity index (χ3v) is 7.05. The molecule has 2 aromatic heterocycles. The number of hydrogen-bond donors (Lipinski definition) is 1. The van der Waals surface area contributed by atoms with Crippen molar-refractivity contribution in [2.24, 2.45) is 5.92 Å². The first-order valence-electron chi connectivity index (χ1n) is 12.1. The summed E-state index contributed by atoms with van der Waals surface area (Å²) in [4.78, 5) is 19.7. The van der Waals surface area contributed by atoms with Gasteiger partial charge in [0.2, 0.25) is 0 Å². The van der Waals surface area contributed by atoms with Crippen molar-refractivity contribution in [2.75, 3.05) is 13.1 Å². The van der Waals surface area contributed by atoms with E-state index in [9.17, 15) is 4.79 Å². The Kier molecular flexibility index (Phi) is 6.48. The summed E-state index contributed by atoms with van der Waals surface area (Å²) in [6.07, 6.45) is 9.06. The molecule has 1 saturated carbocycles. The zero-order valence-electron chi connectivity index (χ0n) is 19.3. The van der Waals surface area contributed by atoms with E-state index in [-0.39, 0.29) is 5.91 Å². The molecule has 0 radical (unpaired) electrons. The highest BCUT2D eigenvalue weighted by Crippen LogP contribution is 2.27. The Morgan fingerprint density at radius 3 is 2.82 bits per heavy atom. The van der Waals surface area contributed by atoms with Crippen LogP contribution in [0, 0.1) is 12.8 Å². The maximum atomic E-state index is 12.8. The minimum atomic E-state index is -0.115. The molecule has 1 amide bonds. The van der Waals surface area contributed by atoms with E-state index in [1.165, 1.54) is 43.2 Å². The summed E-state index contributed by atoms with van der Waals surface area (Å²) in [5.74, 6) is 0.476. The normalized spacial score (nSPS) is 17.0. The van der Waals surface area contributed by atoms with Gasteiger partial charge in [-0.2, -0.15) is 0 Å². The molecule has 1 aromatic carbocycles. The summed E-state index contributed by atoms with van der Waals surface area (Å²) in [6.45, 7) is 5.35. The third kappa shape index (κ3) is 4.83. The molecule has 1 aliphatic heterocycles. The molecule has 3 heterocycles. The first kappa shape index (κ1) is 21.8. The smallest absolute Gasteiger partial charge is 0.273 e. The Morgan fingerprint density at radius 2 is 2.00 bits per heavy atom. The molecule has 0 atom stereocenters. The van der Waals surface area contributed by atoms with Crippen molar-refractivity contribution in [3.05, 3.63) is 70.8 Å².